The lowest BCUT2D eigenvalue weighted by Crippen LogP contribution is -2.50. The summed E-state index contributed by atoms with van der Waals surface area (Å²) in [6, 6.07) is 10.4. The first-order valence-corrected chi connectivity index (χ1v) is 11.6. The van der Waals surface area contributed by atoms with Crippen molar-refractivity contribution in [2.24, 2.45) is 5.92 Å². The molecular formula is C25H32Cl2N2O3. The van der Waals surface area contributed by atoms with Crippen molar-refractivity contribution in [2.75, 3.05) is 13.2 Å². The Bertz CT molecular complexity index is 947. The number of carbonyl (C=O) groups is 2. The van der Waals surface area contributed by atoms with Gasteiger partial charge in [0.25, 0.3) is 5.91 Å². The summed E-state index contributed by atoms with van der Waals surface area (Å²) in [4.78, 5) is 27.7. The molecule has 32 heavy (non-hydrogen) atoms. The number of benzene rings is 2. The van der Waals surface area contributed by atoms with Gasteiger partial charge in [0.2, 0.25) is 5.91 Å². The molecule has 0 fully saturated rings. The molecule has 0 aromatic heterocycles. The molecule has 0 spiro atoms. The number of amides is 2. The quantitative estimate of drug-likeness (QED) is 0.485. The van der Waals surface area contributed by atoms with Crippen molar-refractivity contribution >= 4 is 35.0 Å². The fourth-order valence-corrected chi connectivity index (χ4v) is 3.68. The zero-order valence-corrected chi connectivity index (χ0v) is 20.9. The molecule has 0 aliphatic carbocycles. The van der Waals surface area contributed by atoms with Crippen LogP contribution in [0.15, 0.2) is 36.4 Å². The van der Waals surface area contributed by atoms with Crippen LogP contribution in [0.2, 0.25) is 10.0 Å². The number of ether oxygens (including phenoxy) is 1. The van der Waals surface area contributed by atoms with Crippen molar-refractivity contribution in [3.05, 3.63) is 63.1 Å². The fraction of sp³-hybridized carbons (Fsp3) is 0.440. The summed E-state index contributed by atoms with van der Waals surface area (Å²) in [5, 5.41) is 3.78. The van der Waals surface area contributed by atoms with Crippen molar-refractivity contribution in [3.63, 3.8) is 0 Å². The van der Waals surface area contributed by atoms with Gasteiger partial charge in [-0.15, -0.1) is 0 Å². The Kier molecular flexibility index (Phi) is 9.85. The molecule has 0 unspecified atom stereocenters. The Balaban J connectivity index is 2.24. The largest absolute Gasteiger partial charge is 0.483 e. The average Bonchev–Trinajstić information content (AvgIpc) is 2.73. The minimum absolute atomic E-state index is 0.167. The number of carbonyl (C=O) groups excluding carboxylic acids is 2. The second kappa shape index (κ2) is 12.1. The maximum absolute atomic E-state index is 13.3. The number of nitrogens with zero attached hydrogens (tertiary/aromatic N) is 1. The van der Waals surface area contributed by atoms with Gasteiger partial charge in [0.15, 0.2) is 6.61 Å². The molecule has 2 aromatic rings. The molecule has 174 valence electrons. The van der Waals surface area contributed by atoms with E-state index >= 15 is 0 Å². The Hall–Kier alpha value is -2.24. The molecule has 0 saturated carbocycles. The average molecular weight is 479 g/mol. The van der Waals surface area contributed by atoms with Crippen LogP contribution in [-0.2, 0) is 16.1 Å². The van der Waals surface area contributed by atoms with Crippen molar-refractivity contribution < 1.29 is 14.3 Å². The van der Waals surface area contributed by atoms with E-state index in [2.05, 4.69) is 5.32 Å². The highest BCUT2D eigenvalue weighted by molar-refractivity contribution is 6.42. The maximum Gasteiger partial charge on any atom is 0.261 e. The number of hydrogen-bond donors (Lipinski definition) is 1. The van der Waals surface area contributed by atoms with Gasteiger partial charge in [-0.1, -0.05) is 67.7 Å². The Labute approximate surface area is 201 Å². The van der Waals surface area contributed by atoms with E-state index < -0.39 is 6.04 Å². The van der Waals surface area contributed by atoms with Crippen molar-refractivity contribution in [2.45, 2.75) is 53.6 Å². The van der Waals surface area contributed by atoms with Crippen LogP contribution in [0.1, 0.15) is 43.9 Å². The lowest BCUT2D eigenvalue weighted by atomic mass is 10.1. The van der Waals surface area contributed by atoms with E-state index in [0.29, 0.717) is 34.7 Å². The molecule has 0 aliphatic rings. The van der Waals surface area contributed by atoms with Crippen LogP contribution in [0.4, 0.5) is 0 Å². The van der Waals surface area contributed by atoms with E-state index in [1.165, 1.54) is 0 Å². The van der Waals surface area contributed by atoms with E-state index in [9.17, 15) is 9.59 Å². The monoisotopic (exact) mass is 478 g/mol. The summed E-state index contributed by atoms with van der Waals surface area (Å²) in [5.74, 6) is 0.503. The van der Waals surface area contributed by atoms with E-state index in [-0.39, 0.29) is 25.0 Å². The third-order valence-corrected chi connectivity index (χ3v) is 5.83. The normalized spacial score (nSPS) is 11.9. The van der Waals surface area contributed by atoms with E-state index in [0.717, 1.165) is 16.7 Å². The summed E-state index contributed by atoms with van der Waals surface area (Å²) in [6.45, 7) is 10.5. The van der Waals surface area contributed by atoms with E-state index in [4.69, 9.17) is 27.9 Å². The van der Waals surface area contributed by atoms with Crippen LogP contribution in [0.5, 0.6) is 5.75 Å². The number of rotatable bonds is 10. The predicted molar refractivity (Wildman–Crippen MR) is 130 cm³/mol. The zero-order valence-electron chi connectivity index (χ0n) is 19.4. The summed E-state index contributed by atoms with van der Waals surface area (Å²) < 4.78 is 5.82. The van der Waals surface area contributed by atoms with Crippen LogP contribution < -0.4 is 10.1 Å². The molecule has 0 bridgehead atoms. The number of aryl methyl sites for hydroxylation is 2. The van der Waals surface area contributed by atoms with E-state index in [1.54, 1.807) is 23.1 Å². The van der Waals surface area contributed by atoms with Crippen LogP contribution in [0.3, 0.4) is 0 Å². The topological polar surface area (TPSA) is 58.6 Å². The fourth-order valence-electron chi connectivity index (χ4n) is 3.36. The van der Waals surface area contributed by atoms with Gasteiger partial charge >= 0.3 is 0 Å². The van der Waals surface area contributed by atoms with Crippen LogP contribution in [0.25, 0.3) is 0 Å². The number of hydrogen-bond acceptors (Lipinski definition) is 3. The van der Waals surface area contributed by atoms with Gasteiger partial charge in [-0.2, -0.15) is 0 Å². The van der Waals surface area contributed by atoms with Gasteiger partial charge in [-0.3, -0.25) is 9.59 Å². The third kappa shape index (κ3) is 7.42. The minimum Gasteiger partial charge on any atom is -0.483 e. The van der Waals surface area contributed by atoms with Crippen molar-refractivity contribution in [3.8, 4) is 5.75 Å². The zero-order chi connectivity index (χ0) is 23.8. The van der Waals surface area contributed by atoms with Crippen molar-refractivity contribution in [1.82, 2.24) is 10.2 Å². The molecule has 2 rings (SSSR count). The molecule has 5 nitrogen and oxygen atoms in total. The highest BCUT2D eigenvalue weighted by Gasteiger charge is 2.29. The van der Waals surface area contributed by atoms with Crippen LogP contribution in [-0.4, -0.2) is 35.9 Å². The molecule has 7 heteroatoms. The first kappa shape index (κ1) is 26.0. The van der Waals surface area contributed by atoms with Gasteiger partial charge in [-0.05, 0) is 55.5 Å². The SMILES string of the molecule is CC[C@H](C(=O)NCC(C)C)N(Cc1ccc(Cl)c(Cl)c1)C(=O)COc1ccc(C)cc1C. The summed E-state index contributed by atoms with van der Waals surface area (Å²) in [6.07, 6.45) is 0.473. The lowest BCUT2D eigenvalue weighted by Gasteiger charge is -2.31. The summed E-state index contributed by atoms with van der Waals surface area (Å²) in [5.41, 5.74) is 2.86. The molecular weight excluding hydrogens is 447 g/mol. The molecule has 2 aromatic carbocycles. The molecule has 1 atom stereocenters. The molecule has 0 radical (unpaired) electrons. The van der Waals surface area contributed by atoms with Gasteiger partial charge in [0.05, 0.1) is 10.0 Å². The minimum atomic E-state index is -0.626. The van der Waals surface area contributed by atoms with Crippen LogP contribution in [0, 0.1) is 19.8 Å². The van der Waals surface area contributed by atoms with Gasteiger partial charge in [0, 0.05) is 13.1 Å². The first-order valence-electron chi connectivity index (χ1n) is 10.8. The Morgan fingerprint density at radius 3 is 2.38 bits per heavy atom. The summed E-state index contributed by atoms with van der Waals surface area (Å²) in [7, 11) is 0. The van der Waals surface area contributed by atoms with Gasteiger partial charge in [0.1, 0.15) is 11.8 Å². The second-order valence-electron chi connectivity index (χ2n) is 8.39. The Morgan fingerprint density at radius 1 is 1.06 bits per heavy atom. The number of halogens is 2. The van der Waals surface area contributed by atoms with Crippen molar-refractivity contribution in [1.29, 1.82) is 0 Å². The Morgan fingerprint density at radius 2 is 1.78 bits per heavy atom. The van der Waals surface area contributed by atoms with Crippen LogP contribution >= 0.6 is 23.2 Å². The molecule has 0 aliphatic heterocycles. The number of nitrogens with one attached hydrogen (secondary N) is 1. The molecule has 1 N–H and O–H groups in total. The molecule has 0 saturated heterocycles. The van der Waals surface area contributed by atoms with E-state index in [1.807, 2.05) is 52.8 Å². The smallest absolute Gasteiger partial charge is 0.261 e. The standard InChI is InChI=1S/C25H32Cl2N2O3/c1-6-22(25(31)28-13-16(2)3)29(14-19-8-9-20(26)21(27)12-19)24(30)15-32-23-10-7-17(4)11-18(23)5/h7-12,16,22H,6,13-15H2,1-5H3,(H,28,31)/t22-/m1/s1. The summed E-state index contributed by atoms with van der Waals surface area (Å²) >= 11 is 12.2. The third-order valence-electron chi connectivity index (χ3n) is 5.09. The first-order chi connectivity index (χ1) is 15.1. The molecule has 0 heterocycles. The maximum atomic E-state index is 13.3. The second-order valence-corrected chi connectivity index (χ2v) is 9.21. The van der Waals surface area contributed by atoms with Gasteiger partial charge in [-0.25, -0.2) is 0 Å². The highest BCUT2D eigenvalue weighted by Crippen LogP contribution is 2.24. The predicted octanol–water partition coefficient (Wildman–Crippen LogP) is 5.57. The molecule has 2 amide bonds. The van der Waals surface area contributed by atoms with Gasteiger partial charge < -0.3 is 15.0 Å². The lowest BCUT2D eigenvalue weighted by molar-refractivity contribution is -0.143. The highest BCUT2D eigenvalue weighted by atomic mass is 35.5.